The van der Waals surface area contributed by atoms with Gasteiger partial charge in [0.05, 0.1) is 0 Å². The zero-order valence-corrected chi connectivity index (χ0v) is 12.4. The van der Waals surface area contributed by atoms with Gasteiger partial charge in [0, 0.05) is 18.5 Å². The molecular formula is C12H19N7S. The summed E-state index contributed by atoms with van der Waals surface area (Å²) in [6, 6.07) is 0. The molecule has 108 valence electrons. The van der Waals surface area contributed by atoms with Gasteiger partial charge in [0.25, 0.3) is 0 Å². The van der Waals surface area contributed by atoms with Crippen LogP contribution in [0.1, 0.15) is 19.8 Å². The molecule has 0 amide bonds. The van der Waals surface area contributed by atoms with Crippen LogP contribution in [0.25, 0.3) is 11.5 Å². The number of aromatic nitrogens is 5. The van der Waals surface area contributed by atoms with E-state index in [2.05, 4.69) is 41.9 Å². The summed E-state index contributed by atoms with van der Waals surface area (Å²) in [5.41, 5.74) is 0.760. The highest BCUT2D eigenvalue weighted by Gasteiger charge is 2.22. The number of aromatic amines is 1. The molecule has 0 atom stereocenters. The summed E-state index contributed by atoms with van der Waals surface area (Å²) < 4.78 is 3.84. The standard InChI is InChI=1S/C12H19N7S/c1-2-13-7-9-3-5-19(6-4-9)12-14-11(16-17-12)10-8-20-18-15-10/h8-9,13H,2-7H2,1H3,(H,14,16,17). The molecule has 0 spiro atoms. The van der Waals surface area contributed by atoms with Gasteiger partial charge in [-0.1, -0.05) is 11.4 Å². The van der Waals surface area contributed by atoms with Crippen molar-refractivity contribution in [2.45, 2.75) is 19.8 Å². The highest BCUT2D eigenvalue weighted by molar-refractivity contribution is 7.03. The van der Waals surface area contributed by atoms with Crippen molar-refractivity contribution in [3.63, 3.8) is 0 Å². The number of anilines is 1. The molecule has 7 nitrogen and oxygen atoms in total. The molecule has 0 radical (unpaired) electrons. The Morgan fingerprint density at radius 2 is 2.30 bits per heavy atom. The van der Waals surface area contributed by atoms with E-state index in [-0.39, 0.29) is 0 Å². The molecule has 1 saturated heterocycles. The molecule has 1 aliphatic heterocycles. The van der Waals surface area contributed by atoms with Crippen molar-refractivity contribution in [1.29, 1.82) is 0 Å². The number of H-pyrrole nitrogens is 1. The van der Waals surface area contributed by atoms with Crippen molar-refractivity contribution >= 4 is 17.5 Å². The fourth-order valence-electron chi connectivity index (χ4n) is 2.46. The first-order valence-electron chi connectivity index (χ1n) is 7.02. The molecule has 20 heavy (non-hydrogen) atoms. The van der Waals surface area contributed by atoms with Crippen LogP contribution >= 0.6 is 11.5 Å². The lowest BCUT2D eigenvalue weighted by molar-refractivity contribution is 0.384. The van der Waals surface area contributed by atoms with Crippen LogP contribution in [0, 0.1) is 5.92 Å². The van der Waals surface area contributed by atoms with E-state index < -0.39 is 0 Å². The monoisotopic (exact) mass is 293 g/mol. The number of hydrogen-bond acceptors (Lipinski definition) is 7. The summed E-state index contributed by atoms with van der Waals surface area (Å²) in [5.74, 6) is 2.24. The second kappa shape index (κ2) is 6.27. The fraction of sp³-hybridized carbons (Fsp3) is 0.667. The van der Waals surface area contributed by atoms with Crippen molar-refractivity contribution < 1.29 is 0 Å². The number of rotatable bonds is 5. The third kappa shape index (κ3) is 2.96. The number of piperidine rings is 1. The molecular weight excluding hydrogens is 274 g/mol. The van der Waals surface area contributed by atoms with Crippen molar-refractivity contribution in [2.24, 2.45) is 5.92 Å². The van der Waals surface area contributed by atoms with Crippen molar-refractivity contribution in [1.82, 2.24) is 30.1 Å². The van der Waals surface area contributed by atoms with Crippen LogP contribution in [-0.2, 0) is 0 Å². The Hall–Kier alpha value is -1.54. The van der Waals surface area contributed by atoms with Crippen LogP contribution in [0.5, 0.6) is 0 Å². The maximum absolute atomic E-state index is 4.51. The summed E-state index contributed by atoms with van der Waals surface area (Å²) in [5, 5.41) is 16.5. The first-order chi connectivity index (χ1) is 9.86. The summed E-state index contributed by atoms with van der Waals surface area (Å²) in [6.07, 6.45) is 2.38. The van der Waals surface area contributed by atoms with Gasteiger partial charge in [-0.2, -0.15) is 4.98 Å². The lowest BCUT2D eigenvalue weighted by Gasteiger charge is -2.31. The van der Waals surface area contributed by atoms with Crippen molar-refractivity contribution in [3.05, 3.63) is 5.38 Å². The molecule has 2 N–H and O–H groups in total. The second-order valence-corrected chi connectivity index (χ2v) is 5.62. The molecule has 2 aromatic heterocycles. The van der Waals surface area contributed by atoms with Crippen LogP contribution in [0.4, 0.5) is 5.95 Å². The van der Waals surface area contributed by atoms with Crippen molar-refractivity contribution in [3.8, 4) is 11.5 Å². The first kappa shape index (κ1) is 13.4. The van der Waals surface area contributed by atoms with E-state index in [4.69, 9.17) is 0 Å². The van der Waals surface area contributed by atoms with Crippen LogP contribution in [-0.4, -0.2) is 50.9 Å². The summed E-state index contributed by atoms with van der Waals surface area (Å²) >= 11 is 1.32. The number of nitrogens with zero attached hydrogens (tertiary/aromatic N) is 5. The molecule has 0 saturated carbocycles. The first-order valence-corrected chi connectivity index (χ1v) is 7.86. The molecule has 0 bridgehead atoms. The van der Waals surface area contributed by atoms with E-state index in [0.717, 1.165) is 43.7 Å². The van der Waals surface area contributed by atoms with E-state index in [1.807, 2.05) is 5.38 Å². The van der Waals surface area contributed by atoms with Gasteiger partial charge >= 0.3 is 0 Å². The van der Waals surface area contributed by atoms with Crippen molar-refractivity contribution in [2.75, 3.05) is 31.1 Å². The van der Waals surface area contributed by atoms with Gasteiger partial charge < -0.3 is 10.2 Å². The molecule has 1 aliphatic rings. The molecule has 0 aromatic carbocycles. The van der Waals surface area contributed by atoms with Gasteiger partial charge in [0.2, 0.25) is 5.95 Å². The van der Waals surface area contributed by atoms with Crippen LogP contribution in [0.3, 0.4) is 0 Å². The predicted octanol–water partition coefficient (Wildman–Crippen LogP) is 1.15. The topological polar surface area (TPSA) is 82.6 Å². The van der Waals surface area contributed by atoms with Crippen LogP contribution in [0.15, 0.2) is 5.38 Å². The molecule has 3 rings (SSSR count). The molecule has 8 heteroatoms. The SMILES string of the molecule is CCNCC1CCN(c2n[nH]c(-c3csnn3)n2)CC1. The van der Waals surface area contributed by atoms with Gasteiger partial charge in [0.15, 0.2) is 5.82 Å². The third-order valence-electron chi connectivity index (χ3n) is 3.66. The summed E-state index contributed by atoms with van der Waals surface area (Å²) in [4.78, 5) is 6.75. The smallest absolute Gasteiger partial charge is 0.245 e. The van der Waals surface area contributed by atoms with Crippen LogP contribution in [0.2, 0.25) is 0 Å². The normalized spacial score (nSPS) is 16.8. The summed E-state index contributed by atoms with van der Waals surface area (Å²) in [6.45, 7) is 6.35. The average Bonchev–Trinajstić information content (AvgIpc) is 3.16. The minimum atomic E-state index is 0.698. The van der Waals surface area contributed by atoms with E-state index in [1.54, 1.807) is 0 Å². The Morgan fingerprint density at radius 3 is 3.00 bits per heavy atom. The number of hydrogen-bond donors (Lipinski definition) is 2. The minimum absolute atomic E-state index is 0.698. The lowest BCUT2D eigenvalue weighted by Crippen LogP contribution is -2.37. The zero-order valence-electron chi connectivity index (χ0n) is 11.5. The summed E-state index contributed by atoms with van der Waals surface area (Å²) in [7, 11) is 0. The Kier molecular flexibility index (Phi) is 4.22. The average molecular weight is 293 g/mol. The largest absolute Gasteiger partial charge is 0.340 e. The highest BCUT2D eigenvalue weighted by Crippen LogP contribution is 2.22. The van der Waals surface area contributed by atoms with Gasteiger partial charge in [-0.15, -0.1) is 10.2 Å². The second-order valence-electron chi connectivity index (χ2n) is 5.01. The molecule has 0 aliphatic carbocycles. The third-order valence-corrected chi connectivity index (χ3v) is 4.16. The van der Waals surface area contributed by atoms with E-state index in [9.17, 15) is 0 Å². The Bertz CT molecular complexity index is 516. The molecule has 0 unspecified atom stereocenters. The maximum Gasteiger partial charge on any atom is 0.245 e. The number of nitrogens with one attached hydrogen (secondary N) is 2. The Balaban J connectivity index is 1.58. The van der Waals surface area contributed by atoms with Gasteiger partial charge in [-0.05, 0) is 43.4 Å². The van der Waals surface area contributed by atoms with E-state index in [0.29, 0.717) is 5.82 Å². The van der Waals surface area contributed by atoms with Crippen LogP contribution < -0.4 is 10.2 Å². The maximum atomic E-state index is 4.51. The molecule has 1 fully saturated rings. The van der Waals surface area contributed by atoms with Gasteiger partial charge in [-0.25, -0.2) is 0 Å². The van der Waals surface area contributed by atoms with E-state index in [1.165, 1.54) is 24.4 Å². The Labute approximate surface area is 122 Å². The predicted molar refractivity (Wildman–Crippen MR) is 78.8 cm³/mol. The molecule has 3 heterocycles. The van der Waals surface area contributed by atoms with Gasteiger partial charge in [-0.3, -0.25) is 5.10 Å². The quantitative estimate of drug-likeness (QED) is 0.860. The molecule has 2 aromatic rings. The zero-order chi connectivity index (χ0) is 13.8. The fourth-order valence-corrected chi connectivity index (χ4v) is 2.90. The van der Waals surface area contributed by atoms with Gasteiger partial charge in [0.1, 0.15) is 5.69 Å². The highest BCUT2D eigenvalue weighted by atomic mass is 32.1. The Morgan fingerprint density at radius 1 is 1.45 bits per heavy atom. The lowest BCUT2D eigenvalue weighted by atomic mass is 9.97. The van der Waals surface area contributed by atoms with E-state index >= 15 is 0 Å². The minimum Gasteiger partial charge on any atom is -0.340 e.